The largest absolute Gasteiger partial charge is 0.382 e. The lowest BCUT2D eigenvalue weighted by Crippen LogP contribution is -2.26. The molecule has 1 amide bonds. The van der Waals surface area contributed by atoms with Crippen LogP contribution >= 0.6 is 0 Å². The first-order valence-electron chi connectivity index (χ1n) is 5.42. The fraction of sp³-hybridized carbons (Fsp3) is 0.455. The number of amides is 1. The zero-order chi connectivity index (χ0) is 12.7. The van der Waals surface area contributed by atoms with E-state index < -0.39 is 11.7 Å². The second-order valence-electron chi connectivity index (χ2n) is 3.36. The third kappa shape index (κ3) is 3.99. The van der Waals surface area contributed by atoms with Crippen molar-refractivity contribution < 1.29 is 13.9 Å². The van der Waals surface area contributed by atoms with Crippen molar-refractivity contribution in [1.29, 1.82) is 0 Å². The van der Waals surface area contributed by atoms with Crippen molar-refractivity contribution in [1.82, 2.24) is 10.3 Å². The molecule has 0 radical (unpaired) electrons. The molecular formula is C11H16FN3O2. The summed E-state index contributed by atoms with van der Waals surface area (Å²) < 4.78 is 18.5. The highest BCUT2D eigenvalue weighted by Gasteiger charge is 2.13. The van der Waals surface area contributed by atoms with Crippen LogP contribution in [0.15, 0.2) is 12.3 Å². The molecule has 0 aromatic carbocycles. The van der Waals surface area contributed by atoms with Gasteiger partial charge in [0.1, 0.15) is 0 Å². The van der Waals surface area contributed by atoms with Crippen LogP contribution in [0.4, 0.5) is 10.2 Å². The van der Waals surface area contributed by atoms with E-state index in [9.17, 15) is 9.18 Å². The fourth-order valence-electron chi connectivity index (χ4n) is 1.25. The van der Waals surface area contributed by atoms with Crippen LogP contribution in [0.1, 0.15) is 23.7 Å². The number of nitrogens with one attached hydrogen (secondary N) is 1. The van der Waals surface area contributed by atoms with Crippen molar-refractivity contribution in [2.24, 2.45) is 0 Å². The Morgan fingerprint density at radius 1 is 1.65 bits per heavy atom. The molecule has 1 rings (SSSR count). The number of aromatic nitrogens is 1. The number of rotatable bonds is 6. The summed E-state index contributed by atoms with van der Waals surface area (Å²) in [5.74, 6) is -1.55. The third-order valence-electron chi connectivity index (χ3n) is 2.12. The molecule has 1 heterocycles. The predicted molar refractivity (Wildman–Crippen MR) is 62.1 cm³/mol. The normalized spacial score (nSPS) is 10.2. The zero-order valence-corrected chi connectivity index (χ0v) is 9.70. The number of carbonyl (C=O) groups excluding carboxylic acids is 1. The molecule has 0 aliphatic heterocycles. The van der Waals surface area contributed by atoms with E-state index >= 15 is 0 Å². The first-order valence-corrected chi connectivity index (χ1v) is 5.42. The zero-order valence-electron chi connectivity index (χ0n) is 9.70. The summed E-state index contributed by atoms with van der Waals surface area (Å²) in [4.78, 5) is 15.1. The standard InChI is InChI=1S/C11H16FN3O2/c1-2-17-7-3-5-15-11(16)8-4-6-14-10(13)9(8)12/h4,6H,2-3,5,7H2,1H3,(H2,13,14)(H,15,16). The Kier molecular flexibility index (Phi) is 5.35. The molecule has 0 unspecified atom stereocenters. The number of hydrogen-bond acceptors (Lipinski definition) is 4. The number of nitrogens with zero attached hydrogens (tertiary/aromatic N) is 1. The lowest BCUT2D eigenvalue weighted by atomic mass is 10.2. The van der Waals surface area contributed by atoms with Crippen LogP contribution in [0.25, 0.3) is 0 Å². The fourth-order valence-corrected chi connectivity index (χ4v) is 1.25. The maximum atomic E-state index is 13.4. The summed E-state index contributed by atoms with van der Waals surface area (Å²) in [6.45, 7) is 3.54. The Morgan fingerprint density at radius 3 is 3.12 bits per heavy atom. The van der Waals surface area contributed by atoms with Crippen molar-refractivity contribution in [2.45, 2.75) is 13.3 Å². The van der Waals surface area contributed by atoms with Crippen LogP contribution in [-0.4, -0.2) is 30.6 Å². The molecule has 0 fully saturated rings. The number of anilines is 1. The molecule has 0 bridgehead atoms. The molecule has 5 nitrogen and oxygen atoms in total. The molecule has 3 N–H and O–H groups in total. The topological polar surface area (TPSA) is 77.2 Å². The Bertz CT molecular complexity index is 385. The quantitative estimate of drug-likeness (QED) is 0.727. The molecular weight excluding hydrogens is 225 g/mol. The smallest absolute Gasteiger partial charge is 0.254 e. The Labute approximate surface area is 99.2 Å². The number of nitrogen functional groups attached to an aromatic ring is 1. The summed E-state index contributed by atoms with van der Waals surface area (Å²) in [6, 6.07) is 1.30. The summed E-state index contributed by atoms with van der Waals surface area (Å²) in [7, 11) is 0. The summed E-state index contributed by atoms with van der Waals surface area (Å²) in [6.07, 6.45) is 1.98. The van der Waals surface area contributed by atoms with Crippen LogP contribution in [-0.2, 0) is 4.74 Å². The second-order valence-corrected chi connectivity index (χ2v) is 3.36. The predicted octanol–water partition coefficient (Wildman–Crippen LogP) is 0.959. The van der Waals surface area contributed by atoms with Crippen molar-refractivity contribution in [3.63, 3.8) is 0 Å². The van der Waals surface area contributed by atoms with E-state index in [-0.39, 0.29) is 11.4 Å². The van der Waals surface area contributed by atoms with Crippen molar-refractivity contribution in [2.75, 3.05) is 25.5 Å². The van der Waals surface area contributed by atoms with E-state index in [1.165, 1.54) is 12.3 Å². The van der Waals surface area contributed by atoms with Gasteiger partial charge in [0.25, 0.3) is 5.91 Å². The van der Waals surface area contributed by atoms with Gasteiger partial charge >= 0.3 is 0 Å². The van der Waals surface area contributed by atoms with Gasteiger partial charge in [-0.25, -0.2) is 9.37 Å². The summed E-state index contributed by atoms with van der Waals surface area (Å²) in [5, 5.41) is 2.58. The molecule has 1 aromatic heterocycles. The van der Waals surface area contributed by atoms with E-state index in [0.717, 1.165) is 0 Å². The van der Waals surface area contributed by atoms with Gasteiger partial charge < -0.3 is 15.8 Å². The van der Waals surface area contributed by atoms with Crippen LogP contribution in [0.3, 0.4) is 0 Å². The van der Waals surface area contributed by atoms with Gasteiger partial charge in [0.05, 0.1) is 5.56 Å². The maximum Gasteiger partial charge on any atom is 0.254 e. The average Bonchev–Trinajstić information content (AvgIpc) is 2.32. The molecule has 0 atom stereocenters. The SMILES string of the molecule is CCOCCCNC(=O)c1ccnc(N)c1F. The van der Waals surface area contributed by atoms with E-state index in [2.05, 4.69) is 10.3 Å². The number of ether oxygens (including phenoxy) is 1. The molecule has 17 heavy (non-hydrogen) atoms. The number of halogens is 1. The minimum atomic E-state index is -0.783. The number of carbonyl (C=O) groups is 1. The van der Waals surface area contributed by atoms with Gasteiger partial charge in [-0.15, -0.1) is 0 Å². The second kappa shape index (κ2) is 6.80. The van der Waals surface area contributed by atoms with Gasteiger partial charge in [-0.3, -0.25) is 4.79 Å². The molecule has 0 aliphatic carbocycles. The minimum absolute atomic E-state index is 0.0890. The number of hydrogen-bond donors (Lipinski definition) is 2. The first-order chi connectivity index (χ1) is 8.16. The molecule has 0 spiro atoms. The van der Waals surface area contributed by atoms with Crippen molar-refractivity contribution in [3.8, 4) is 0 Å². The van der Waals surface area contributed by atoms with Crippen LogP contribution < -0.4 is 11.1 Å². The monoisotopic (exact) mass is 241 g/mol. The van der Waals surface area contributed by atoms with Crippen molar-refractivity contribution in [3.05, 3.63) is 23.6 Å². The molecule has 0 aliphatic rings. The summed E-state index contributed by atoms with van der Waals surface area (Å²) >= 11 is 0. The van der Waals surface area contributed by atoms with Crippen LogP contribution in [0, 0.1) is 5.82 Å². The van der Waals surface area contributed by atoms with E-state index in [1.54, 1.807) is 0 Å². The Morgan fingerprint density at radius 2 is 2.41 bits per heavy atom. The maximum absolute atomic E-state index is 13.4. The molecule has 6 heteroatoms. The average molecular weight is 241 g/mol. The highest BCUT2D eigenvalue weighted by Crippen LogP contribution is 2.11. The van der Waals surface area contributed by atoms with Gasteiger partial charge in [-0.2, -0.15) is 0 Å². The van der Waals surface area contributed by atoms with Crippen LogP contribution in [0.5, 0.6) is 0 Å². The van der Waals surface area contributed by atoms with Gasteiger partial charge in [-0.05, 0) is 19.4 Å². The van der Waals surface area contributed by atoms with Crippen molar-refractivity contribution >= 4 is 11.7 Å². The Hall–Kier alpha value is -1.69. The van der Waals surface area contributed by atoms with Gasteiger partial charge in [0.2, 0.25) is 0 Å². The third-order valence-corrected chi connectivity index (χ3v) is 2.12. The molecule has 0 saturated heterocycles. The van der Waals surface area contributed by atoms with Gasteiger partial charge in [-0.1, -0.05) is 0 Å². The number of nitrogens with two attached hydrogens (primary N) is 1. The first kappa shape index (κ1) is 13.4. The lowest BCUT2D eigenvalue weighted by molar-refractivity contribution is 0.0940. The lowest BCUT2D eigenvalue weighted by Gasteiger charge is -2.06. The highest BCUT2D eigenvalue weighted by molar-refractivity contribution is 5.95. The van der Waals surface area contributed by atoms with E-state index in [0.29, 0.717) is 26.2 Å². The van der Waals surface area contributed by atoms with E-state index in [4.69, 9.17) is 10.5 Å². The Balaban J connectivity index is 2.44. The van der Waals surface area contributed by atoms with E-state index in [1.807, 2.05) is 6.92 Å². The minimum Gasteiger partial charge on any atom is -0.382 e. The summed E-state index contributed by atoms with van der Waals surface area (Å²) in [5.41, 5.74) is 5.18. The molecule has 94 valence electrons. The molecule has 1 aromatic rings. The van der Waals surface area contributed by atoms with Gasteiger partial charge in [0.15, 0.2) is 11.6 Å². The van der Waals surface area contributed by atoms with Gasteiger partial charge in [0, 0.05) is 26.0 Å². The molecule has 0 saturated carbocycles. The highest BCUT2D eigenvalue weighted by atomic mass is 19.1. The number of pyridine rings is 1. The van der Waals surface area contributed by atoms with Crippen LogP contribution in [0.2, 0.25) is 0 Å².